The van der Waals surface area contributed by atoms with Crippen LogP contribution in [0.5, 0.6) is 0 Å². The first-order valence-electron chi connectivity index (χ1n) is 11.4. The highest BCUT2D eigenvalue weighted by molar-refractivity contribution is 6.32. The monoisotopic (exact) mass is 501 g/mol. The number of imide groups is 1. The molecule has 2 heterocycles. The number of piperidine rings is 1. The second kappa shape index (κ2) is 12.9. The van der Waals surface area contributed by atoms with Gasteiger partial charge in [0.15, 0.2) is 0 Å². The summed E-state index contributed by atoms with van der Waals surface area (Å²) < 4.78 is 0. The minimum absolute atomic E-state index is 0.129. The van der Waals surface area contributed by atoms with Gasteiger partial charge in [-0.25, -0.2) is 0 Å². The van der Waals surface area contributed by atoms with Crippen molar-refractivity contribution in [1.29, 1.82) is 0 Å². The molecule has 4 rings (SSSR count). The number of amides is 4. The maximum atomic E-state index is 12.4. The van der Waals surface area contributed by atoms with Crippen LogP contribution in [0.3, 0.4) is 0 Å². The van der Waals surface area contributed by atoms with Crippen LogP contribution in [0.15, 0.2) is 30.3 Å². The average molecular weight is 502 g/mol. The molecule has 1 fully saturated rings. The van der Waals surface area contributed by atoms with Crippen molar-refractivity contribution < 1.29 is 19.2 Å². The van der Waals surface area contributed by atoms with Crippen LogP contribution in [-0.4, -0.2) is 42.1 Å². The molecule has 2 aromatic rings. The van der Waals surface area contributed by atoms with Gasteiger partial charge in [-0.2, -0.15) is 0 Å². The summed E-state index contributed by atoms with van der Waals surface area (Å²) in [6.07, 6.45) is 1.26. The van der Waals surface area contributed by atoms with Crippen molar-refractivity contribution in [3.63, 3.8) is 0 Å². The van der Waals surface area contributed by atoms with E-state index in [1.807, 2.05) is 46.0 Å². The summed E-state index contributed by atoms with van der Waals surface area (Å²) in [7, 11) is 1.87. The molecule has 2 aliphatic rings. The van der Waals surface area contributed by atoms with E-state index in [9.17, 15) is 19.2 Å². The van der Waals surface area contributed by atoms with E-state index in [1.54, 1.807) is 17.0 Å². The van der Waals surface area contributed by atoms with Crippen molar-refractivity contribution in [2.24, 2.45) is 0 Å². The van der Waals surface area contributed by atoms with Crippen molar-refractivity contribution in [2.45, 2.75) is 52.7 Å². The highest BCUT2D eigenvalue weighted by Crippen LogP contribution is 2.28. The van der Waals surface area contributed by atoms with Crippen LogP contribution in [0, 0.1) is 6.92 Å². The Hall–Kier alpha value is -3.43. The lowest BCUT2D eigenvalue weighted by Gasteiger charge is -2.29. The van der Waals surface area contributed by atoms with E-state index in [1.165, 1.54) is 0 Å². The highest BCUT2D eigenvalue weighted by Gasteiger charge is 2.38. The fourth-order valence-electron chi connectivity index (χ4n) is 3.79. The highest BCUT2D eigenvalue weighted by atomic mass is 35.5. The van der Waals surface area contributed by atoms with E-state index < -0.39 is 6.04 Å². The van der Waals surface area contributed by atoms with Gasteiger partial charge in [0.2, 0.25) is 18.2 Å². The lowest BCUT2D eigenvalue weighted by molar-refractivity contribution is -0.136. The minimum atomic E-state index is -0.546. The van der Waals surface area contributed by atoms with Gasteiger partial charge in [-0.15, -0.1) is 0 Å². The van der Waals surface area contributed by atoms with Gasteiger partial charge in [0.05, 0.1) is 0 Å². The van der Waals surface area contributed by atoms with E-state index in [-0.39, 0.29) is 24.1 Å². The van der Waals surface area contributed by atoms with Gasteiger partial charge < -0.3 is 21.3 Å². The SMILES string of the molecule is CC.CNCc1ccc2c(c1)CN(C1CCC(=O)NC1=O)C2=O.Cc1c(N)cc(NC=O)cc1Cl. The lowest BCUT2D eigenvalue weighted by atomic mass is 10.0. The summed E-state index contributed by atoms with van der Waals surface area (Å²) in [5.41, 5.74) is 10.3. The van der Waals surface area contributed by atoms with Crippen LogP contribution in [0.2, 0.25) is 5.02 Å². The third-order valence-corrected chi connectivity index (χ3v) is 5.97. The number of fused-ring (bicyclic) bond motifs is 1. The van der Waals surface area contributed by atoms with Gasteiger partial charge in [-0.3, -0.25) is 24.5 Å². The van der Waals surface area contributed by atoms with Crippen molar-refractivity contribution in [3.05, 3.63) is 57.6 Å². The fourth-order valence-corrected chi connectivity index (χ4v) is 4.02. The molecule has 0 spiro atoms. The topological polar surface area (TPSA) is 134 Å². The summed E-state index contributed by atoms with van der Waals surface area (Å²) in [4.78, 5) is 47.2. The van der Waals surface area contributed by atoms with Crippen molar-refractivity contribution in [3.8, 4) is 0 Å². The number of rotatable bonds is 5. The Labute approximate surface area is 210 Å². The van der Waals surface area contributed by atoms with Crippen LogP contribution in [0.4, 0.5) is 11.4 Å². The third-order valence-electron chi connectivity index (χ3n) is 5.58. The summed E-state index contributed by atoms with van der Waals surface area (Å²) in [6.45, 7) is 6.99. The van der Waals surface area contributed by atoms with E-state index in [0.29, 0.717) is 41.3 Å². The maximum Gasteiger partial charge on any atom is 0.255 e. The first-order chi connectivity index (χ1) is 16.7. The predicted octanol–water partition coefficient (Wildman–Crippen LogP) is 2.99. The normalized spacial score (nSPS) is 16.3. The largest absolute Gasteiger partial charge is 0.398 e. The number of hydrogen-bond donors (Lipinski definition) is 4. The first-order valence-corrected chi connectivity index (χ1v) is 11.8. The van der Waals surface area contributed by atoms with Gasteiger partial charge in [0, 0.05) is 41.5 Å². The zero-order valence-electron chi connectivity index (χ0n) is 20.4. The van der Waals surface area contributed by atoms with Crippen molar-refractivity contribution >= 4 is 47.1 Å². The molecule has 10 heteroatoms. The first kappa shape index (κ1) is 27.8. The van der Waals surface area contributed by atoms with Crippen LogP contribution < -0.4 is 21.7 Å². The van der Waals surface area contributed by atoms with Gasteiger partial charge in [-0.05, 0) is 55.3 Å². The van der Waals surface area contributed by atoms with Gasteiger partial charge in [0.1, 0.15) is 6.04 Å². The number of hydrogen-bond acceptors (Lipinski definition) is 6. The van der Waals surface area contributed by atoms with Gasteiger partial charge in [0.25, 0.3) is 5.91 Å². The van der Waals surface area contributed by atoms with E-state index >= 15 is 0 Å². The maximum absolute atomic E-state index is 12.4. The van der Waals surface area contributed by atoms with E-state index in [0.717, 1.165) is 23.2 Å². The quantitative estimate of drug-likeness (QED) is 0.283. The van der Waals surface area contributed by atoms with Crippen LogP contribution in [0.1, 0.15) is 53.7 Å². The molecular formula is C25H32ClN5O4. The molecule has 1 unspecified atom stereocenters. The number of halogens is 1. The predicted molar refractivity (Wildman–Crippen MR) is 137 cm³/mol. The Balaban J connectivity index is 0.000000263. The number of carbonyl (C=O) groups is 4. The smallest absolute Gasteiger partial charge is 0.255 e. The molecule has 0 radical (unpaired) electrons. The lowest BCUT2D eigenvalue weighted by Crippen LogP contribution is -2.52. The molecule has 0 aromatic heterocycles. The zero-order chi connectivity index (χ0) is 26.1. The minimum Gasteiger partial charge on any atom is -0.398 e. The average Bonchev–Trinajstić information content (AvgIpc) is 3.15. The molecule has 4 amide bonds. The molecular weight excluding hydrogens is 470 g/mol. The second-order valence-electron chi connectivity index (χ2n) is 7.86. The van der Waals surface area contributed by atoms with Crippen LogP contribution in [-0.2, 0) is 27.5 Å². The zero-order valence-corrected chi connectivity index (χ0v) is 21.2. The molecule has 1 atom stereocenters. The Morgan fingerprint density at radius 2 is 1.91 bits per heavy atom. The molecule has 2 aliphatic heterocycles. The number of nitrogen functional groups attached to an aromatic ring is 1. The van der Waals surface area contributed by atoms with Crippen molar-refractivity contribution in [2.75, 3.05) is 18.1 Å². The van der Waals surface area contributed by atoms with E-state index in [2.05, 4.69) is 16.0 Å². The van der Waals surface area contributed by atoms with Gasteiger partial charge in [-0.1, -0.05) is 37.6 Å². The molecule has 5 N–H and O–H groups in total. The summed E-state index contributed by atoms with van der Waals surface area (Å²) in [5.74, 6) is -0.768. The van der Waals surface area contributed by atoms with E-state index in [4.69, 9.17) is 17.3 Å². The van der Waals surface area contributed by atoms with Crippen LogP contribution >= 0.6 is 11.6 Å². The number of nitrogens with zero attached hydrogens (tertiary/aromatic N) is 1. The molecule has 2 aromatic carbocycles. The summed E-state index contributed by atoms with van der Waals surface area (Å²) >= 11 is 5.82. The Morgan fingerprint density at radius 3 is 2.51 bits per heavy atom. The molecule has 35 heavy (non-hydrogen) atoms. The number of nitrogens with two attached hydrogens (primary N) is 1. The summed E-state index contributed by atoms with van der Waals surface area (Å²) in [5, 5.41) is 8.40. The molecule has 0 aliphatic carbocycles. The fraction of sp³-hybridized carbons (Fsp3) is 0.360. The van der Waals surface area contributed by atoms with Crippen LogP contribution in [0.25, 0.3) is 0 Å². The number of anilines is 2. The second-order valence-corrected chi connectivity index (χ2v) is 8.26. The Kier molecular flexibility index (Phi) is 10.2. The molecule has 9 nitrogen and oxygen atoms in total. The number of carbonyl (C=O) groups excluding carboxylic acids is 4. The Bertz CT molecular complexity index is 1080. The number of benzene rings is 2. The molecule has 188 valence electrons. The number of nitrogens with one attached hydrogen (secondary N) is 3. The van der Waals surface area contributed by atoms with Crippen molar-refractivity contribution in [1.82, 2.24) is 15.5 Å². The molecule has 0 bridgehead atoms. The molecule has 1 saturated heterocycles. The Morgan fingerprint density at radius 1 is 1.20 bits per heavy atom. The third kappa shape index (κ3) is 6.80. The molecule has 0 saturated carbocycles. The van der Waals surface area contributed by atoms with Gasteiger partial charge >= 0.3 is 0 Å². The summed E-state index contributed by atoms with van der Waals surface area (Å²) in [6, 6.07) is 8.50. The standard InChI is InChI=1S/C15H17N3O3.C8H9ClN2O.C2H6/c1-16-7-9-2-3-11-10(6-9)8-18(15(11)21)12-4-5-13(19)17-14(12)20;1-5-7(9)2-6(11-4-12)3-8(5)10;1-2/h2-3,6,12,16H,4-5,7-8H2,1H3,(H,17,19,20);2-4H,10H2,1H3,(H,11,12);1-2H3.